The molecule has 85 heavy (non-hydrogen) atoms. The van der Waals surface area contributed by atoms with E-state index < -0.39 is 0 Å². The molecule has 0 saturated carbocycles. The molecular formula is C81H88N4. The zero-order chi connectivity index (χ0) is 59.4. The molecule has 11 aromatic rings. The lowest BCUT2D eigenvalue weighted by molar-refractivity contribution is 0.665. The van der Waals surface area contributed by atoms with Gasteiger partial charge < -0.3 is 19.3 Å². The Labute approximate surface area is 509 Å². The largest absolute Gasteiger partial charge is 0.311 e. The van der Waals surface area contributed by atoms with Crippen LogP contribution in [0.25, 0.3) is 27.5 Å². The first-order valence-corrected chi connectivity index (χ1v) is 31.5. The van der Waals surface area contributed by atoms with Crippen LogP contribution in [0.15, 0.2) is 218 Å². The summed E-state index contributed by atoms with van der Waals surface area (Å²) in [4.78, 5) is 7.15. The molecule has 4 heteroatoms. The summed E-state index contributed by atoms with van der Waals surface area (Å²) < 4.78 is 2.44. The van der Waals surface area contributed by atoms with E-state index >= 15 is 0 Å². The van der Waals surface area contributed by atoms with Gasteiger partial charge in [-0.05, 0) is 270 Å². The second kappa shape index (κ2) is 27.9. The van der Waals surface area contributed by atoms with Crippen LogP contribution >= 0.6 is 0 Å². The molecule has 432 valence electrons. The number of unbranched alkanes of at least 4 members (excludes halogenated alkanes) is 6. The Morgan fingerprint density at radius 2 is 0.671 bits per heavy atom. The van der Waals surface area contributed by atoms with Gasteiger partial charge >= 0.3 is 0 Å². The Bertz CT molecular complexity index is 3830. The predicted octanol–water partition coefficient (Wildman–Crippen LogP) is 23.8. The summed E-state index contributed by atoms with van der Waals surface area (Å²) in [5, 5.41) is 2.62. The van der Waals surface area contributed by atoms with Crippen LogP contribution < -0.4 is 14.7 Å². The van der Waals surface area contributed by atoms with Crippen LogP contribution in [-0.4, -0.2) is 4.57 Å². The Morgan fingerprint density at radius 1 is 0.294 bits per heavy atom. The fraction of sp³-hybridized carbons (Fsp3) is 0.259. The first-order valence-electron chi connectivity index (χ1n) is 31.5. The molecule has 0 spiro atoms. The molecule has 0 unspecified atom stereocenters. The average molecular weight is 1120 g/mol. The van der Waals surface area contributed by atoms with Crippen molar-refractivity contribution in [2.24, 2.45) is 0 Å². The SMILES string of the molecule is CCCCCCc1cc(N(c2ccc(C)c(CCCCCC)c2)c2ccc3c(c2)c2cc(CC)ccc2n3-c2ccc(C)cc2)ccc1C.Cc1ccc(N(c2ccc(N(c3ccccc3)c3ccccc3)cc2)c2ccc(C)c(C)c2)cc1C. The van der Waals surface area contributed by atoms with Gasteiger partial charge in [0.15, 0.2) is 0 Å². The summed E-state index contributed by atoms with van der Waals surface area (Å²) in [7, 11) is 0. The van der Waals surface area contributed by atoms with Gasteiger partial charge in [-0.25, -0.2) is 0 Å². The van der Waals surface area contributed by atoms with Crippen LogP contribution in [-0.2, 0) is 19.3 Å². The van der Waals surface area contributed by atoms with Crippen molar-refractivity contribution >= 4 is 73.0 Å². The Kier molecular flexibility index (Phi) is 19.5. The predicted molar refractivity (Wildman–Crippen MR) is 370 cm³/mol. The summed E-state index contributed by atoms with van der Waals surface area (Å²) in [6.07, 6.45) is 13.5. The normalized spacial score (nSPS) is 11.2. The minimum atomic E-state index is 1.02. The molecule has 0 fully saturated rings. The first kappa shape index (κ1) is 59.6. The minimum Gasteiger partial charge on any atom is -0.311 e. The second-order valence-corrected chi connectivity index (χ2v) is 23.7. The molecule has 0 bridgehead atoms. The third kappa shape index (κ3) is 13.8. The molecule has 1 heterocycles. The summed E-state index contributed by atoms with van der Waals surface area (Å²) >= 11 is 0. The number of aryl methyl sites for hydroxylation is 10. The minimum absolute atomic E-state index is 1.02. The van der Waals surface area contributed by atoms with Crippen LogP contribution in [0.2, 0.25) is 0 Å². The van der Waals surface area contributed by atoms with Crippen molar-refractivity contribution in [1.29, 1.82) is 0 Å². The number of rotatable bonds is 21. The van der Waals surface area contributed by atoms with E-state index in [9.17, 15) is 0 Å². The third-order valence-electron chi connectivity index (χ3n) is 17.4. The molecule has 0 atom stereocenters. The zero-order valence-corrected chi connectivity index (χ0v) is 52.4. The van der Waals surface area contributed by atoms with E-state index in [1.807, 2.05) is 0 Å². The molecule has 0 aliphatic heterocycles. The van der Waals surface area contributed by atoms with Crippen molar-refractivity contribution < 1.29 is 0 Å². The highest BCUT2D eigenvalue weighted by molar-refractivity contribution is 6.11. The molecule has 11 rings (SSSR count). The van der Waals surface area contributed by atoms with Crippen molar-refractivity contribution in [3.8, 4) is 5.69 Å². The summed E-state index contributed by atoms with van der Waals surface area (Å²) in [6, 6.07) is 80.7. The van der Waals surface area contributed by atoms with Crippen molar-refractivity contribution in [2.45, 2.75) is 140 Å². The lowest BCUT2D eigenvalue weighted by Gasteiger charge is -2.29. The van der Waals surface area contributed by atoms with Crippen molar-refractivity contribution in [3.63, 3.8) is 0 Å². The maximum atomic E-state index is 2.52. The van der Waals surface area contributed by atoms with Gasteiger partial charge in [0.2, 0.25) is 0 Å². The number of hydrogen-bond donors (Lipinski definition) is 0. The standard InChI is InChI=1S/C47H56N2.C34H32N2/c1-7-10-12-14-16-38-31-41(25-20-35(38)5)48(42-26-21-36(6)39(32-42)17-15-13-11-8-2)43-27-29-47-45(33-43)44-30-37(9-3)22-28-46(44)49(47)40-23-18-34(4)19-24-40;1-25-15-17-33(23-27(25)3)36(34-18-16-26(2)28(4)24-34)32-21-19-31(20-22-32)35(29-11-7-5-8-12-29)30-13-9-6-10-14-30/h18-33H,7-17H2,1-6H3;5-24H,1-4H3. The lowest BCUT2D eigenvalue weighted by Crippen LogP contribution is -2.12. The van der Waals surface area contributed by atoms with Gasteiger partial charge in [-0.2, -0.15) is 0 Å². The van der Waals surface area contributed by atoms with Crippen LogP contribution in [0.1, 0.15) is 128 Å². The van der Waals surface area contributed by atoms with Gasteiger partial charge in [0.05, 0.1) is 11.0 Å². The molecule has 1 aromatic heterocycles. The van der Waals surface area contributed by atoms with E-state index in [1.54, 1.807) is 0 Å². The van der Waals surface area contributed by atoms with Crippen molar-refractivity contribution in [3.05, 3.63) is 274 Å². The van der Waals surface area contributed by atoms with Crippen LogP contribution in [0.3, 0.4) is 0 Å². The molecule has 0 radical (unpaired) electrons. The van der Waals surface area contributed by atoms with Crippen LogP contribution in [0.5, 0.6) is 0 Å². The van der Waals surface area contributed by atoms with E-state index in [1.165, 1.54) is 152 Å². The lowest BCUT2D eigenvalue weighted by atomic mass is 9.98. The topological polar surface area (TPSA) is 14.7 Å². The van der Waals surface area contributed by atoms with Gasteiger partial charge in [-0.1, -0.05) is 144 Å². The van der Waals surface area contributed by atoms with Crippen molar-refractivity contribution in [1.82, 2.24) is 4.57 Å². The second-order valence-electron chi connectivity index (χ2n) is 23.7. The summed E-state index contributed by atoms with van der Waals surface area (Å²) in [6.45, 7) is 22.2. The zero-order valence-electron chi connectivity index (χ0n) is 52.4. The number of fused-ring (bicyclic) bond motifs is 3. The fourth-order valence-corrected chi connectivity index (χ4v) is 12.0. The van der Waals surface area contributed by atoms with E-state index in [0.29, 0.717) is 0 Å². The molecule has 0 aliphatic rings. The average Bonchev–Trinajstić information content (AvgIpc) is 2.06. The maximum absolute atomic E-state index is 2.52. The number of hydrogen-bond acceptors (Lipinski definition) is 3. The van der Waals surface area contributed by atoms with Crippen molar-refractivity contribution in [2.75, 3.05) is 14.7 Å². The van der Waals surface area contributed by atoms with Crippen LogP contribution in [0, 0.1) is 48.5 Å². The van der Waals surface area contributed by atoms with E-state index in [4.69, 9.17) is 0 Å². The number of aromatic nitrogens is 1. The third-order valence-corrected chi connectivity index (χ3v) is 17.4. The quantitative estimate of drug-likeness (QED) is 0.0667. The summed E-state index contributed by atoms with van der Waals surface area (Å²) in [5.41, 5.74) is 27.8. The van der Waals surface area contributed by atoms with Gasteiger partial charge in [0, 0.05) is 67.6 Å². The Balaban J connectivity index is 0.000000198. The molecule has 0 amide bonds. The molecule has 0 saturated heterocycles. The van der Waals surface area contributed by atoms with Gasteiger partial charge in [-0.3, -0.25) is 0 Å². The van der Waals surface area contributed by atoms with Crippen LogP contribution in [0.4, 0.5) is 51.2 Å². The number of benzene rings is 10. The van der Waals surface area contributed by atoms with E-state index in [-0.39, 0.29) is 0 Å². The monoisotopic (exact) mass is 1120 g/mol. The molecule has 0 N–H and O–H groups in total. The number of nitrogens with zero attached hydrogens (tertiary/aromatic N) is 4. The first-order chi connectivity index (χ1) is 41.4. The highest BCUT2D eigenvalue weighted by Crippen LogP contribution is 2.43. The van der Waals surface area contributed by atoms with E-state index in [0.717, 1.165) is 53.4 Å². The number of anilines is 9. The Hall–Kier alpha value is -8.60. The molecule has 0 aliphatic carbocycles. The summed E-state index contributed by atoms with van der Waals surface area (Å²) in [5.74, 6) is 0. The number of para-hydroxylation sites is 2. The smallest absolute Gasteiger partial charge is 0.0542 e. The molecular weight excluding hydrogens is 1030 g/mol. The molecule has 10 aromatic carbocycles. The molecule has 4 nitrogen and oxygen atoms in total. The highest BCUT2D eigenvalue weighted by Gasteiger charge is 2.21. The van der Waals surface area contributed by atoms with Gasteiger partial charge in [0.25, 0.3) is 0 Å². The van der Waals surface area contributed by atoms with Gasteiger partial charge in [-0.15, -0.1) is 0 Å². The Morgan fingerprint density at radius 3 is 1.13 bits per heavy atom. The highest BCUT2D eigenvalue weighted by atomic mass is 15.2. The van der Waals surface area contributed by atoms with E-state index in [2.05, 4.69) is 307 Å². The fourth-order valence-electron chi connectivity index (χ4n) is 12.0. The van der Waals surface area contributed by atoms with Gasteiger partial charge in [0.1, 0.15) is 0 Å². The maximum Gasteiger partial charge on any atom is 0.0542 e.